The molecule has 2 aromatic rings. The summed E-state index contributed by atoms with van der Waals surface area (Å²) < 4.78 is 71.9. The van der Waals surface area contributed by atoms with E-state index in [-0.39, 0.29) is 6.61 Å². The molecule has 0 saturated heterocycles. The lowest BCUT2D eigenvalue weighted by molar-refractivity contribution is 0.313. The molecular weight excluding hydrogens is 305 g/mol. The van der Waals surface area contributed by atoms with Crippen molar-refractivity contribution in [2.45, 2.75) is 6.04 Å². The maximum Gasteiger partial charge on any atom is 0.223 e. The lowest BCUT2D eigenvalue weighted by atomic mass is 10.1. The molecule has 0 radical (unpaired) electrons. The van der Waals surface area contributed by atoms with E-state index in [4.69, 9.17) is 4.74 Å². The van der Waals surface area contributed by atoms with Gasteiger partial charge in [-0.2, -0.15) is 0 Å². The van der Waals surface area contributed by atoms with Crippen LogP contribution in [0, 0.1) is 29.1 Å². The van der Waals surface area contributed by atoms with Gasteiger partial charge in [0.15, 0.2) is 23.3 Å². The molecule has 0 saturated carbocycles. The van der Waals surface area contributed by atoms with Crippen molar-refractivity contribution in [2.75, 3.05) is 6.61 Å². The Hall–Kier alpha value is -2.44. The van der Waals surface area contributed by atoms with Crippen LogP contribution in [0.5, 0.6) is 0 Å². The zero-order chi connectivity index (χ0) is 15.9. The Bertz CT molecular complexity index is 731. The van der Waals surface area contributed by atoms with Crippen molar-refractivity contribution in [1.29, 1.82) is 0 Å². The zero-order valence-electron chi connectivity index (χ0n) is 10.9. The molecule has 0 N–H and O–H groups in total. The van der Waals surface area contributed by atoms with Gasteiger partial charge in [0.05, 0.1) is 0 Å². The van der Waals surface area contributed by atoms with E-state index in [9.17, 15) is 22.0 Å². The van der Waals surface area contributed by atoms with Crippen molar-refractivity contribution in [3.05, 3.63) is 70.5 Å². The fraction of sp³-hybridized carbons (Fsp3) is 0.133. The maximum absolute atomic E-state index is 13.7. The third-order valence-corrected chi connectivity index (χ3v) is 3.26. The molecule has 0 amide bonds. The van der Waals surface area contributed by atoms with Gasteiger partial charge in [-0.05, 0) is 5.56 Å². The molecule has 2 aromatic carbocycles. The molecule has 1 aliphatic rings. The number of hydrogen-bond donors (Lipinski definition) is 0. The van der Waals surface area contributed by atoms with E-state index in [0.717, 1.165) is 0 Å². The highest BCUT2D eigenvalue weighted by Gasteiger charge is 2.32. The molecule has 7 heteroatoms. The van der Waals surface area contributed by atoms with Gasteiger partial charge in [-0.1, -0.05) is 30.3 Å². The van der Waals surface area contributed by atoms with E-state index < -0.39 is 46.6 Å². The van der Waals surface area contributed by atoms with E-state index >= 15 is 0 Å². The van der Waals surface area contributed by atoms with Crippen molar-refractivity contribution in [3.63, 3.8) is 0 Å². The Labute approximate surface area is 121 Å². The van der Waals surface area contributed by atoms with E-state index in [1.165, 1.54) is 0 Å². The summed E-state index contributed by atoms with van der Waals surface area (Å²) in [6, 6.07) is 8.13. The van der Waals surface area contributed by atoms with Crippen molar-refractivity contribution in [2.24, 2.45) is 4.99 Å². The summed E-state index contributed by atoms with van der Waals surface area (Å²) in [5.74, 6) is -10.8. The quantitative estimate of drug-likeness (QED) is 0.468. The maximum atomic E-state index is 13.7. The van der Waals surface area contributed by atoms with E-state index in [2.05, 4.69) is 4.99 Å². The second-order valence-electron chi connectivity index (χ2n) is 4.62. The highest BCUT2D eigenvalue weighted by molar-refractivity contribution is 5.95. The normalized spacial score (nSPS) is 17.3. The monoisotopic (exact) mass is 313 g/mol. The molecule has 0 aromatic heterocycles. The van der Waals surface area contributed by atoms with Crippen LogP contribution in [0.1, 0.15) is 17.2 Å². The summed E-state index contributed by atoms with van der Waals surface area (Å²) in [5.41, 5.74) is -0.434. The van der Waals surface area contributed by atoms with E-state index in [1.54, 1.807) is 30.3 Å². The number of ether oxygens (including phenoxy) is 1. The summed E-state index contributed by atoms with van der Waals surface area (Å²) in [6.07, 6.45) is 0. The molecule has 0 fully saturated rings. The van der Waals surface area contributed by atoms with Crippen molar-refractivity contribution in [3.8, 4) is 0 Å². The molecule has 3 rings (SSSR count). The molecule has 1 aliphatic heterocycles. The number of halogens is 5. The van der Waals surface area contributed by atoms with Gasteiger partial charge < -0.3 is 4.74 Å². The molecule has 1 atom stereocenters. The van der Waals surface area contributed by atoms with Crippen LogP contribution in [0.2, 0.25) is 0 Å². The lowest BCUT2D eigenvalue weighted by Crippen LogP contribution is -2.13. The van der Waals surface area contributed by atoms with E-state index in [0.29, 0.717) is 5.56 Å². The number of benzene rings is 2. The average Bonchev–Trinajstić information content (AvgIpc) is 3.02. The van der Waals surface area contributed by atoms with Crippen LogP contribution in [0.25, 0.3) is 0 Å². The van der Waals surface area contributed by atoms with Gasteiger partial charge in [0.1, 0.15) is 18.2 Å². The largest absolute Gasteiger partial charge is 0.475 e. The first kappa shape index (κ1) is 14.5. The first-order chi connectivity index (χ1) is 10.5. The Morgan fingerprint density at radius 3 is 1.95 bits per heavy atom. The summed E-state index contributed by atoms with van der Waals surface area (Å²) in [5, 5.41) is 0. The van der Waals surface area contributed by atoms with Gasteiger partial charge in [-0.3, -0.25) is 0 Å². The van der Waals surface area contributed by atoms with Gasteiger partial charge in [-0.25, -0.2) is 26.9 Å². The Kier molecular flexibility index (Phi) is 3.56. The van der Waals surface area contributed by atoms with Crippen molar-refractivity contribution >= 4 is 5.90 Å². The predicted molar refractivity (Wildman–Crippen MR) is 67.9 cm³/mol. The molecule has 0 spiro atoms. The SMILES string of the molecule is Fc1c(F)c(F)c(C2=N[C@@H](c3ccccc3)CO2)c(F)c1F. The fourth-order valence-corrected chi connectivity index (χ4v) is 2.15. The smallest absolute Gasteiger partial charge is 0.223 e. The summed E-state index contributed by atoms with van der Waals surface area (Å²) in [4.78, 5) is 3.92. The van der Waals surface area contributed by atoms with Crippen molar-refractivity contribution in [1.82, 2.24) is 0 Å². The van der Waals surface area contributed by atoms with Crippen LogP contribution < -0.4 is 0 Å². The van der Waals surface area contributed by atoms with Crippen LogP contribution in [-0.4, -0.2) is 12.5 Å². The second-order valence-corrected chi connectivity index (χ2v) is 4.62. The molecule has 22 heavy (non-hydrogen) atoms. The predicted octanol–water partition coefficient (Wildman–Crippen LogP) is 3.90. The molecule has 0 bridgehead atoms. The minimum Gasteiger partial charge on any atom is -0.475 e. The van der Waals surface area contributed by atoms with Gasteiger partial charge in [0, 0.05) is 0 Å². The Morgan fingerprint density at radius 1 is 0.818 bits per heavy atom. The number of aliphatic imine (C=N–C) groups is 1. The standard InChI is InChI=1S/C15H8F5NO/c16-10-9(11(17)13(19)14(20)12(10)18)15-21-8(6-22-15)7-4-2-1-3-5-7/h1-5,8H,6H2/t8-/m1/s1. The molecule has 2 nitrogen and oxygen atoms in total. The molecule has 1 heterocycles. The summed E-state index contributed by atoms with van der Waals surface area (Å²) >= 11 is 0. The Morgan fingerprint density at radius 2 is 1.36 bits per heavy atom. The van der Waals surface area contributed by atoms with Gasteiger partial charge in [0.2, 0.25) is 11.7 Å². The van der Waals surface area contributed by atoms with Crippen LogP contribution in [0.4, 0.5) is 22.0 Å². The molecular formula is C15H8F5NO. The van der Waals surface area contributed by atoms with Crippen molar-refractivity contribution < 1.29 is 26.7 Å². The van der Waals surface area contributed by atoms with Crippen LogP contribution in [0.15, 0.2) is 35.3 Å². The zero-order valence-corrected chi connectivity index (χ0v) is 10.9. The van der Waals surface area contributed by atoms with Gasteiger partial charge in [0.25, 0.3) is 0 Å². The minimum absolute atomic E-state index is 0.0428. The minimum atomic E-state index is -2.21. The third kappa shape index (κ3) is 2.22. The highest BCUT2D eigenvalue weighted by atomic mass is 19.2. The first-order valence-electron chi connectivity index (χ1n) is 6.28. The topological polar surface area (TPSA) is 21.6 Å². The van der Waals surface area contributed by atoms with Gasteiger partial charge >= 0.3 is 0 Å². The van der Waals surface area contributed by atoms with Gasteiger partial charge in [-0.15, -0.1) is 0 Å². The lowest BCUT2D eigenvalue weighted by Gasteiger charge is -2.07. The average molecular weight is 313 g/mol. The number of rotatable bonds is 2. The first-order valence-corrected chi connectivity index (χ1v) is 6.28. The van der Waals surface area contributed by atoms with Crippen LogP contribution in [0.3, 0.4) is 0 Å². The number of hydrogen-bond acceptors (Lipinski definition) is 2. The number of nitrogens with zero attached hydrogens (tertiary/aromatic N) is 1. The van der Waals surface area contributed by atoms with Crippen LogP contribution >= 0.6 is 0 Å². The molecule has 114 valence electrons. The summed E-state index contributed by atoms with van der Waals surface area (Å²) in [7, 11) is 0. The fourth-order valence-electron chi connectivity index (χ4n) is 2.15. The second kappa shape index (κ2) is 5.40. The third-order valence-electron chi connectivity index (χ3n) is 3.26. The highest BCUT2D eigenvalue weighted by Crippen LogP contribution is 2.29. The Balaban J connectivity index is 2.06. The van der Waals surface area contributed by atoms with E-state index in [1.807, 2.05) is 0 Å². The summed E-state index contributed by atoms with van der Waals surface area (Å²) in [6.45, 7) is -0.0428. The molecule has 0 unspecified atom stereocenters. The molecule has 0 aliphatic carbocycles. The van der Waals surface area contributed by atoms with Crippen LogP contribution in [-0.2, 0) is 4.74 Å².